The van der Waals surface area contributed by atoms with Crippen LogP contribution in [0.4, 0.5) is 0 Å². The number of carbonyl (C=O) groups is 1. The van der Waals surface area contributed by atoms with Crippen LogP contribution in [-0.2, 0) is 14.3 Å². The van der Waals surface area contributed by atoms with Crippen molar-refractivity contribution in [2.45, 2.75) is 31.8 Å². The molecule has 1 saturated heterocycles. The fourth-order valence-electron chi connectivity index (χ4n) is 1.10. The monoisotopic (exact) mass is 156 g/mol. The second-order valence-electron chi connectivity index (χ2n) is 2.94. The van der Waals surface area contributed by atoms with Gasteiger partial charge in [0.05, 0.1) is 0 Å². The Morgan fingerprint density at radius 1 is 1.36 bits per heavy atom. The average molecular weight is 156 g/mol. The molecule has 1 aliphatic rings. The predicted molar refractivity (Wildman–Crippen MR) is 40.1 cm³/mol. The van der Waals surface area contributed by atoms with Crippen molar-refractivity contribution in [1.29, 1.82) is 0 Å². The fourth-order valence-corrected chi connectivity index (χ4v) is 1.10. The van der Waals surface area contributed by atoms with Gasteiger partial charge in [0.2, 0.25) is 0 Å². The molecule has 0 spiro atoms. The molecule has 0 amide bonds. The Kier molecular flexibility index (Phi) is 2.11. The van der Waals surface area contributed by atoms with Gasteiger partial charge in [-0.2, -0.15) is 0 Å². The molecule has 62 valence electrons. The van der Waals surface area contributed by atoms with Gasteiger partial charge in [-0.05, 0) is 13.8 Å². The van der Waals surface area contributed by atoms with E-state index in [1.165, 1.54) is 0 Å². The van der Waals surface area contributed by atoms with Gasteiger partial charge in [0.15, 0.2) is 12.1 Å². The van der Waals surface area contributed by atoms with E-state index < -0.39 is 11.9 Å². The van der Waals surface area contributed by atoms with Crippen molar-refractivity contribution in [2.24, 2.45) is 0 Å². The van der Waals surface area contributed by atoms with Crippen molar-refractivity contribution in [3.05, 3.63) is 12.7 Å². The molecule has 0 aliphatic carbocycles. The zero-order chi connectivity index (χ0) is 8.48. The molecule has 0 saturated carbocycles. The molecule has 1 heterocycles. The highest BCUT2D eigenvalue weighted by Gasteiger charge is 2.39. The summed E-state index contributed by atoms with van der Waals surface area (Å²) in [7, 11) is 0. The van der Waals surface area contributed by atoms with Gasteiger partial charge in [-0.25, -0.2) is 0 Å². The lowest BCUT2D eigenvalue weighted by Gasteiger charge is -2.15. The molecule has 0 N–H and O–H groups in total. The van der Waals surface area contributed by atoms with Gasteiger partial charge in [-0.1, -0.05) is 6.08 Å². The smallest absolute Gasteiger partial charge is 0.164 e. The van der Waals surface area contributed by atoms with Crippen LogP contribution in [0, 0.1) is 0 Å². The molecule has 1 rings (SSSR count). The van der Waals surface area contributed by atoms with E-state index in [1.807, 2.05) is 0 Å². The first kappa shape index (κ1) is 8.43. The van der Waals surface area contributed by atoms with Crippen molar-refractivity contribution in [2.75, 3.05) is 0 Å². The minimum Gasteiger partial charge on any atom is -0.340 e. The normalized spacial score (nSPS) is 35.1. The first-order valence-electron chi connectivity index (χ1n) is 3.52. The Balaban J connectivity index is 2.69. The summed E-state index contributed by atoms with van der Waals surface area (Å²) >= 11 is 0. The number of hydrogen-bond donors (Lipinski definition) is 0. The van der Waals surface area contributed by atoms with Gasteiger partial charge in [-0.15, -0.1) is 6.58 Å². The maximum atomic E-state index is 10.4. The van der Waals surface area contributed by atoms with Gasteiger partial charge >= 0.3 is 0 Å². The van der Waals surface area contributed by atoms with Gasteiger partial charge in [0.25, 0.3) is 0 Å². The molecule has 0 bridgehead atoms. The maximum absolute atomic E-state index is 10.4. The summed E-state index contributed by atoms with van der Waals surface area (Å²) in [5.41, 5.74) is 0. The van der Waals surface area contributed by atoms with E-state index in [-0.39, 0.29) is 6.10 Å². The Bertz CT molecular complexity index is 156. The lowest BCUT2D eigenvalue weighted by atomic mass is 10.2. The van der Waals surface area contributed by atoms with E-state index in [2.05, 4.69) is 6.58 Å². The fraction of sp³-hybridized carbons (Fsp3) is 0.625. The quantitative estimate of drug-likeness (QED) is 0.440. The molecule has 3 nitrogen and oxygen atoms in total. The number of hydrogen-bond acceptors (Lipinski definition) is 3. The van der Waals surface area contributed by atoms with Crippen LogP contribution in [0.2, 0.25) is 0 Å². The first-order valence-corrected chi connectivity index (χ1v) is 3.52. The Labute approximate surface area is 66.0 Å². The second kappa shape index (κ2) is 2.75. The van der Waals surface area contributed by atoms with Crippen molar-refractivity contribution in [3.63, 3.8) is 0 Å². The molecule has 0 radical (unpaired) electrons. The maximum Gasteiger partial charge on any atom is 0.164 e. The average Bonchev–Trinajstić information content (AvgIpc) is 2.25. The third-order valence-electron chi connectivity index (χ3n) is 1.53. The largest absolute Gasteiger partial charge is 0.340 e. The van der Waals surface area contributed by atoms with Gasteiger partial charge < -0.3 is 14.3 Å². The molecule has 0 aromatic carbocycles. The standard InChI is InChI=1S/C8H12O3/c1-4-6-7(5-9)11-8(2,3)10-6/h4-7H,1H2,2-3H3/t6-,7+/m0/s1. The zero-order valence-corrected chi connectivity index (χ0v) is 6.74. The number of carbonyl (C=O) groups excluding carboxylic acids is 1. The third kappa shape index (κ3) is 1.67. The van der Waals surface area contributed by atoms with Crippen LogP contribution in [-0.4, -0.2) is 24.3 Å². The first-order chi connectivity index (χ1) is 5.09. The third-order valence-corrected chi connectivity index (χ3v) is 1.53. The zero-order valence-electron chi connectivity index (χ0n) is 6.74. The summed E-state index contributed by atoms with van der Waals surface area (Å²) in [5.74, 6) is -0.662. The van der Waals surface area contributed by atoms with Gasteiger partial charge in [-0.3, -0.25) is 0 Å². The van der Waals surface area contributed by atoms with E-state index in [0.717, 1.165) is 6.29 Å². The summed E-state index contributed by atoms with van der Waals surface area (Å²) in [6.07, 6.45) is 1.51. The van der Waals surface area contributed by atoms with Crippen molar-refractivity contribution < 1.29 is 14.3 Å². The highest BCUT2D eigenvalue weighted by molar-refractivity contribution is 5.58. The van der Waals surface area contributed by atoms with E-state index in [0.29, 0.717) is 0 Å². The minimum absolute atomic E-state index is 0.303. The van der Waals surface area contributed by atoms with Crippen LogP contribution in [0.25, 0.3) is 0 Å². The SMILES string of the molecule is C=C[C@@H]1OC(C)(C)O[C@@H]1C=O. The summed E-state index contributed by atoms with van der Waals surface area (Å²) in [6.45, 7) is 7.08. The number of aldehydes is 1. The minimum atomic E-state index is -0.662. The molecular weight excluding hydrogens is 144 g/mol. The van der Waals surface area contributed by atoms with Gasteiger partial charge in [0.1, 0.15) is 12.2 Å². The number of ether oxygens (including phenoxy) is 2. The molecule has 11 heavy (non-hydrogen) atoms. The van der Waals surface area contributed by atoms with E-state index in [1.54, 1.807) is 19.9 Å². The molecule has 1 aliphatic heterocycles. The summed E-state index contributed by atoms with van der Waals surface area (Å²) in [4.78, 5) is 10.4. The molecule has 0 unspecified atom stereocenters. The highest BCUT2D eigenvalue weighted by atomic mass is 16.8. The van der Waals surface area contributed by atoms with E-state index >= 15 is 0 Å². The van der Waals surface area contributed by atoms with E-state index in [9.17, 15) is 4.79 Å². The van der Waals surface area contributed by atoms with Crippen molar-refractivity contribution in [3.8, 4) is 0 Å². The Morgan fingerprint density at radius 2 is 1.91 bits per heavy atom. The molecule has 1 fully saturated rings. The lowest BCUT2D eigenvalue weighted by Crippen LogP contribution is -2.22. The van der Waals surface area contributed by atoms with Crippen LogP contribution in [0.1, 0.15) is 13.8 Å². The Hall–Kier alpha value is -0.670. The summed E-state index contributed by atoms with van der Waals surface area (Å²) in [5, 5.41) is 0. The number of rotatable bonds is 2. The van der Waals surface area contributed by atoms with E-state index in [4.69, 9.17) is 9.47 Å². The second-order valence-corrected chi connectivity index (χ2v) is 2.94. The Morgan fingerprint density at radius 3 is 2.27 bits per heavy atom. The topological polar surface area (TPSA) is 35.5 Å². The molecule has 0 aromatic heterocycles. The van der Waals surface area contributed by atoms with Crippen LogP contribution in [0.15, 0.2) is 12.7 Å². The van der Waals surface area contributed by atoms with Crippen LogP contribution < -0.4 is 0 Å². The molecule has 3 heteroatoms. The van der Waals surface area contributed by atoms with Crippen molar-refractivity contribution >= 4 is 6.29 Å². The lowest BCUT2D eigenvalue weighted by molar-refractivity contribution is -0.148. The summed E-state index contributed by atoms with van der Waals surface area (Å²) < 4.78 is 10.6. The van der Waals surface area contributed by atoms with Crippen LogP contribution >= 0.6 is 0 Å². The van der Waals surface area contributed by atoms with Gasteiger partial charge in [0, 0.05) is 0 Å². The van der Waals surface area contributed by atoms with Crippen molar-refractivity contribution in [1.82, 2.24) is 0 Å². The molecular formula is C8H12O3. The predicted octanol–water partition coefficient (Wildman–Crippen LogP) is 0.891. The van der Waals surface area contributed by atoms with Crippen LogP contribution in [0.5, 0.6) is 0 Å². The molecule has 0 aromatic rings. The van der Waals surface area contributed by atoms with Crippen LogP contribution in [0.3, 0.4) is 0 Å². The highest BCUT2D eigenvalue weighted by Crippen LogP contribution is 2.27. The molecule has 2 atom stereocenters. The summed E-state index contributed by atoms with van der Waals surface area (Å²) in [6, 6.07) is 0.